The van der Waals surface area contributed by atoms with Crippen LogP contribution in [0.1, 0.15) is 25.8 Å². The molecule has 1 heterocycles. The standard InChI is InChI=1S/C20H28N4O3.HI/c1-5-11-27-19-10-7-15(13-22-19)14-23-20(21-3)24-16-8-9-17(26-6-2)18(12-16)25-4;/h7-10,12-13H,5-6,11,14H2,1-4H3,(H2,21,23,24);1H. The van der Waals surface area contributed by atoms with Crippen molar-refractivity contribution in [2.75, 3.05) is 32.7 Å². The fourth-order valence-electron chi connectivity index (χ4n) is 2.33. The number of ether oxygens (including phenoxy) is 3. The third-order valence-corrected chi connectivity index (χ3v) is 3.66. The number of hydrogen-bond donors (Lipinski definition) is 2. The number of pyridine rings is 1. The van der Waals surface area contributed by atoms with Crippen LogP contribution in [0.25, 0.3) is 0 Å². The lowest BCUT2D eigenvalue weighted by Gasteiger charge is -2.14. The number of hydrogen-bond acceptors (Lipinski definition) is 5. The van der Waals surface area contributed by atoms with Gasteiger partial charge >= 0.3 is 0 Å². The van der Waals surface area contributed by atoms with Crippen molar-refractivity contribution < 1.29 is 14.2 Å². The van der Waals surface area contributed by atoms with Gasteiger partial charge in [-0.25, -0.2) is 4.98 Å². The lowest BCUT2D eigenvalue weighted by Crippen LogP contribution is -2.30. The Hall–Kier alpha value is -2.23. The summed E-state index contributed by atoms with van der Waals surface area (Å²) in [5, 5.41) is 6.50. The van der Waals surface area contributed by atoms with Gasteiger partial charge in [-0.3, -0.25) is 4.99 Å². The van der Waals surface area contributed by atoms with Crippen LogP contribution in [0.5, 0.6) is 17.4 Å². The Balaban J connectivity index is 0.00000392. The van der Waals surface area contributed by atoms with E-state index >= 15 is 0 Å². The molecule has 0 spiro atoms. The zero-order valence-electron chi connectivity index (χ0n) is 16.8. The van der Waals surface area contributed by atoms with Crippen LogP contribution in [0.4, 0.5) is 5.69 Å². The molecule has 2 N–H and O–H groups in total. The maximum atomic E-state index is 5.54. The average Bonchev–Trinajstić information content (AvgIpc) is 2.71. The summed E-state index contributed by atoms with van der Waals surface area (Å²) in [7, 11) is 3.34. The second-order valence-electron chi connectivity index (χ2n) is 5.70. The normalized spacial score (nSPS) is 10.6. The molecule has 0 saturated heterocycles. The molecule has 2 rings (SSSR count). The first-order valence-corrected chi connectivity index (χ1v) is 9.06. The number of anilines is 1. The van der Waals surface area contributed by atoms with Crippen molar-refractivity contribution in [3.8, 4) is 17.4 Å². The summed E-state index contributed by atoms with van der Waals surface area (Å²) in [6.45, 7) is 5.86. The molecule has 0 aliphatic rings. The van der Waals surface area contributed by atoms with Crippen LogP contribution in [0.3, 0.4) is 0 Å². The molecule has 1 aromatic carbocycles. The van der Waals surface area contributed by atoms with E-state index in [1.54, 1.807) is 20.4 Å². The molecule has 154 valence electrons. The van der Waals surface area contributed by atoms with E-state index in [9.17, 15) is 0 Å². The zero-order chi connectivity index (χ0) is 19.5. The van der Waals surface area contributed by atoms with E-state index in [0.29, 0.717) is 43.1 Å². The topological polar surface area (TPSA) is 77.0 Å². The molecule has 0 unspecified atom stereocenters. The molecule has 0 saturated carbocycles. The van der Waals surface area contributed by atoms with Gasteiger partial charge in [0.15, 0.2) is 17.5 Å². The Bertz CT molecular complexity index is 739. The van der Waals surface area contributed by atoms with Gasteiger partial charge in [-0.05, 0) is 31.0 Å². The second kappa shape index (κ2) is 13.0. The lowest BCUT2D eigenvalue weighted by atomic mass is 10.2. The van der Waals surface area contributed by atoms with Crippen LogP contribution in [-0.2, 0) is 6.54 Å². The highest BCUT2D eigenvalue weighted by atomic mass is 127. The summed E-state index contributed by atoms with van der Waals surface area (Å²) >= 11 is 0. The Morgan fingerprint density at radius 2 is 1.93 bits per heavy atom. The third-order valence-electron chi connectivity index (χ3n) is 3.66. The smallest absolute Gasteiger partial charge is 0.213 e. The molecule has 8 heteroatoms. The van der Waals surface area contributed by atoms with E-state index in [2.05, 4.69) is 27.5 Å². The largest absolute Gasteiger partial charge is 0.493 e. The molecule has 2 aromatic rings. The summed E-state index contributed by atoms with van der Waals surface area (Å²) in [5.41, 5.74) is 1.89. The average molecular weight is 500 g/mol. The molecule has 7 nitrogen and oxygen atoms in total. The summed E-state index contributed by atoms with van der Waals surface area (Å²) in [4.78, 5) is 8.55. The van der Waals surface area contributed by atoms with Crippen LogP contribution in [-0.4, -0.2) is 38.3 Å². The quantitative estimate of drug-likeness (QED) is 0.307. The van der Waals surface area contributed by atoms with Crippen molar-refractivity contribution in [2.45, 2.75) is 26.8 Å². The van der Waals surface area contributed by atoms with Crippen molar-refractivity contribution in [3.63, 3.8) is 0 Å². The number of nitrogens with one attached hydrogen (secondary N) is 2. The van der Waals surface area contributed by atoms with E-state index in [1.807, 2.05) is 37.3 Å². The molecule has 0 fully saturated rings. The molecular weight excluding hydrogens is 471 g/mol. The van der Waals surface area contributed by atoms with E-state index in [-0.39, 0.29) is 24.0 Å². The number of methoxy groups -OCH3 is 1. The first-order valence-electron chi connectivity index (χ1n) is 9.06. The number of nitrogens with zero attached hydrogens (tertiary/aromatic N) is 2. The zero-order valence-corrected chi connectivity index (χ0v) is 19.2. The molecule has 0 radical (unpaired) electrons. The summed E-state index contributed by atoms with van der Waals surface area (Å²) in [5.74, 6) is 2.67. The fourth-order valence-corrected chi connectivity index (χ4v) is 2.33. The second-order valence-corrected chi connectivity index (χ2v) is 5.70. The minimum atomic E-state index is 0. The minimum absolute atomic E-state index is 0. The first kappa shape index (κ1) is 23.8. The van der Waals surface area contributed by atoms with E-state index in [0.717, 1.165) is 17.7 Å². The highest BCUT2D eigenvalue weighted by Crippen LogP contribution is 2.30. The number of aliphatic imine (C=N–C) groups is 1. The number of guanidine groups is 1. The number of rotatable bonds is 9. The fraction of sp³-hybridized carbons (Fsp3) is 0.400. The van der Waals surface area contributed by atoms with E-state index in [4.69, 9.17) is 14.2 Å². The van der Waals surface area contributed by atoms with Crippen LogP contribution < -0.4 is 24.8 Å². The third kappa shape index (κ3) is 7.41. The molecule has 0 amide bonds. The molecule has 0 aliphatic heterocycles. The Labute approximate surface area is 183 Å². The predicted octanol–water partition coefficient (Wildman–Crippen LogP) is 4.08. The van der Waals surface area contributed by atoms with E-state index < -0.39 is 0 Å². The Morgan fingerprint density at radius 3 is 2.54 bits per heavy atom. The SMILES string of the molecule is CCCOc1ccc(CNC(=NC)Nc2ccc(OCC)c(OC)c2)cn1.I. The Morgan fingerprint density at radius 1 is 1.11 bits per heavy atom. The van der Waals surface area contributed by atoms with Crippen molar-refractivity contribution in [2.24, 2.45) is 4.99 Å². The minimum Gasteiger partial charge on any atom is -0.493 e. The lowest BCUT2D eigenvalue weighted by molar-refractivity contribution is 0.305. The van der Waals surface area contributed by atoms with Gasteiger partial charge in [-0.2, -0.15) is 0 Å². The molecule has 1 aromatic heterocycles. The van der Waals surface area contributed by atoms with Gasteiger partial charge in [0.1, 0.15) is 0 Å². The van der Waals surface area contributed by atoms with Crippen LogP contribution >= 0.6 is 24.0 Å². The molecule has 28 heavy (non-hydrogen) atoms. The van der Waals surface area contributed by atoms with Gasteiger partial charge in [0.25, 0.3) is 0 Å². The molecular formula is C20H29IN4O3. The number of aromatic nitrogens is 1. The maximum absolute atomic E-state index is 5.54. The van der Waals surface area contributed by atoms with Crippen molar-refractivity contribution in [1.82, 2.24) is 10.3 Å². The van der Waals surface area contributed by atoms with Gasteiger partial charge in [0, 0.05) is 37.6 Å². The van der Waals surface area contributed by atoms with Crippen molar-refractivity contribution in [1.29, 1.82) is 0 Å². The number of halogens is 1. The summed E-state index contributed by atoms with van der Waals surface area (Å²) < 4.78 is 16.4. The van der Waals surface area contributed by atoms with Gasteiger partial charge in [0.2, 0.25) is 5.88 Å². The summed E-state index contributed by atoms with van der Waals surface area (Å²) in [6, 6.07) is 9.52. The highest BCUT2D eigenvalue weighted by molar-refractivity contribution is 14.0. The van der Waals surface area contributed by atoms with Gasteiger partial charge < -0.3 is 24.8 Å². The van der Waals surface area contributed by atoms with Crippen molar-refractivity contribution in [3.05, 3.63) is 42.1 Å². The monoisotopic (exact) mass is 500 g/mol. The van der Waals surface area contributed by atoms with E-state index in [1.165, 1.54) is 0 Å². The van der Waals surface area contributed by atoms with Crippen LogP contribution in [0.15, 0.2) is 41.5 Å². The van der Waals surface area contributed by atoms with Gasteiger partial charge in [-0.1, -0.05) is 13.0 Å². The molecule has 0 atom stereocenters. The first-order chi connectivity index (χ1) is 13.2. The Kier molecular flexibility index (Phi) is 11.1. The van der Waals surface area contributed by atoms with Crippen LogP contribution in [0, 0.1) is 0 Å². The molecule has 0 aliphatic carbocycles. The van der Waals surface area contributed by atoms with Gasteiger partial charge in [-0.15, -0.1) is 24.0 Å². The summed E-state index contributed by atoms with van der Waals surface area (Å²) in [6.07, 6.45) is 2.76. The number of benzene rings is 1. The van der Waals surface area contributed by atoms with Crippen molar-refractivity contribution >= 4 is 35.6 Å². The predicted molar refractivity (Wildman–Crippen MR) is 123 cm³/mol. The molecule has 0 bridgehead atoms. The maximum Gasteiger partial charge on any atom is 0.213 e. The highest BCUT2D eigenvalue weighted by Gasteiger charge is 2.07. The van der Waals surface area contributed by atoms with Crippen LogP contribution in [0.2, 0.25) is 0 Å². The van der Waals surface area contributed by atoms with Gasteiger partial charge in [0.05, 0.1) is 20.3 Å².